The van der Waals surface area contributed by atoms with Crippen LogP contribution in [0.4, 0.5) is 0 Å². The van der Waals surface area contributed by atoms with Gasteiger partial charge in [-0.1, -0.05) is 43.0 Å². The average molecular weight is 309 g/mol. The standard InChI is InChI=1S/C18H15NO4/c1-13(17(20)22-15-9-5-3-6-10-15)19-14(2)18(21)23-16-11-7-4-8-12-16/h3-12H,1H2,2H3/b19-14+. The van der Waals surface area contributed by atoms with Crippen LogP contribution >= 0.6 is 0 Å². The van der Waals surface area contributed by atoms with Crippen LogP contribution in [0.25, 0.3) is 0 Å². The number of rotatable bonds is 5. The molecule has 0 aromatic heterocycles. The average Bonchev–Trinajstić information content (AvgIpc) is 2.56. The summed E-state index contributed by atoms with van der Waals surface area (Å²) in [5.41, 5.74) is -0.180. The molecule has 5 heteroatoms. The minimum atomic E-state index is -0.733. The highest BCUT2D eigenvalue weighted by Crippen LogP contribution is 2.12. The molecule has 0 aliphatic rings. The zero-order chi connectivity index (χ0) is 16.7. The second kappa shape index (κ2) is 7.70. The molecule has 2 aromatic carbocycles. The number of hydrogen-bond acceptors (Lipinski definition) is 5. The molecule has 0 amide bonds. The van der Waals surface area contributed by atoms with E-state index in [1.165, 1.54) is 6.92 Å². The molecule has 0 heterocycles. The van der Waals surface area contributed by atoms with Gasteiger partial charge in [-0.15, -0.1) is 0 Å². The molecule has 0 saturated heterocycles. The van der Waals surface area contributed by atoms with Crippen molar-refractivity contribution in [2.24, 2.45) is 4.99 Å². The van der Waals surface area contributed by atoms with Crippen LogP contribution in [-0.4, -0.2) is 17.7 Å². The van der Waals surface area contributed by atoms with Crippen LogP contribution in [0.2, 0.25) is 0 Å². The predicted molar refractivity (Wildman–Crippen MR) is 86.4 cm³/mol. The Bertz CT molecular complexity index is 736. The summed E-state index contributed by atoms with van der Waals surface area (Å²) >= 11 is 0. The topological polar surface area (TPSA) is 65.0 Å². The number of nitrogens with zero attached hydrogens (tertiary/aromatic N) is 1. The summed E-state index contributed by atoms with van der Waals surface area (Å²) < 4.78 is 10.2. The molecule has 116 valence electrons. The molecule has 0 spiro atoms. The summed E-state index contributed by atoms with van der Waals surface area (Å²) in [6.07, 6.45) is 0. The maximum absolute atomic E-state index is 11.9. The summed E-state index contributed by atoms with van der Waals surface area (Å²) in [5.74, 6) is -0.629. The Hall–Kier alpha value is -3.21. The molecular formula is C18H15NO4. The number of esters is 2. The van der Waals surface area contributed by atoms with Crippen molar-refractivity contribution in [3.63, 3.8) is 0 Å². The fourth-order valence-corrected chi connectivity index (χ4v) is 1.62. The molecule has 0 saturated carbocycles. The van der Waals surface area contributed by atoms with Gasteiger partial charge >= 0.3 is 11.9 Å². The number of aliphatic imine (C=N–C) groups is 1. The molecule has 0 bridgehead atoms. The predicted octanol–water partition coefficient (Wildman–Crippen LogP) is 3.17. The SMILES string of the molecule is C=C(/N=C(\C)C(=O)Oc1ccccc1)C(=O)Oc1ccccc1. The Morgan fingerprint density at radius 3 is 1.74 bits per heavy atom. The molecule has 0 aliphatic heterocycles. The summed E-state index contributed by atoms with van der Waals surface area (Å²) in [6, 6.07) is 17.1. The Kier molecular flexibility index (Phi) is 5.41. The van der Waals surface area contributed by atoms with E-state index in [4.69, 9.17) is 9.47 Å². The van der Waals surface area contributed by atoms with Gasteiger partial charge in [-0.05, 0) is 31.2 Å². The van der Waals surface area contributed by atoms with E-state index < -0.39 is 11.9 Å². The lowest BCUT2D eigenvalue weighted by Gasteiger charge is -2.05. The van der Waals surface area contributed by atoms with Crippen LogP contribution in [0.15, 0.2) is 77.9 Å². The molecule has 2 aromatic rings. The van der Waals surface area contributed by atoms with Gasteiger partial charge < -0.3 is 9.47 Å². The Balaban J connectivity index is 1.97. The van der Waals surface area contributed by atoms with Gasteiger partial charge in [0.15, 0.2) is 0 Å². The van der Waals surface area contributed by atoms with E-state index in [1.807, 2.05) is 0 Å². The van der Waals surface area contributed by atoms with Crippen LogP contribution in [0, 0.1) is 0 Å². The van der Waals surface area contributed by atoms with Crippen molar-refractivity contribution in [3.05, 3.63) is 72.9 Å². The molecular weight excluding hydrogens is 294 g/mol. The third-order valence-corrected chi connectivity index (χ3v) is 2.74. The van der Waals surface area contributed by atoms with Crippen molar-refractivity contribution in [1.29, 1.82) is 0 Å². The van der Waals surface area contributed by atoms with Crippen molar-refractivity contribution in [1.82, 2.24) is 0 Å². The highest BCUT2D eigenvalue weighted by molar-refractivity contribution is 6.36. The van der Waals surface area contributed by atoms with Crippen LogP contribution < -0.4 is 9.47 Å². The van der Waals surface area contributed by atoms with Crippen molar-refractivity contribution < 1.29 is 19.1 Å². The molecule has 0 fully saturated rings. The molecule has 0 N–H and O–H groups in total. The van der Waals surface area contributed by atoms with Crippen molar-refractivity contribution in [2.45, 2.75) is 6.92 Å². The third-order valence-electron chi connectivity index (χ3n) is 2.74. The molecule has 0 atom stereocenters. The van der Waals surface area contributed by atoms with Gasteiger partial charge in [-0.3, -0.25) is 0 Å². The second-order valence-corrected chi connectivity index (χ2v) is 4.55. The van der Waals surface area contributed by atoms with Crippen molar-refractivity contribution in [2.75, 3.05) is 0 Å². The fraction of sp³-hybridized carbons (Fsp3) is 0.0556. The summed E-state index contributed by atoms with van der Waals surface area (Å²) in [7, 11) is 0. The number of benzene rings is 2. The normalized spacial score (nSPS) is 10.7. The minimum Gasteiger partial charge on any atom is -0.422 e. The summed E-state index contributed by atoms with van der Waals surface area (Å²) in [4.78, 5) is 27.6. The van der Waals surface area contributed by atoms with Crippen molar-refractivity contribution >= 4 is 17.7 Å². The lowest BCUT2D eigenvalue weighted by molar-refractivity contribution is -0.130. The number of carbonyl (C=O) groups excluding carboxylic acids is 2. The molecule has 23 heavy (non-hydrogen) atoms. The molecule has 0 radical (unpaired) electrons. The Morgan fingerprint density at radius 1 is 0.826 bits per heavy atom. The number of carbonyl (C=O) groups is 2. The lowest BCUT2D eigenvalue weighted by Crippen LogP contribution is -2.19. The van der Waals surface area contributed by atoms with E-state index in [2.05, 4.69) is 11.6 Å². The summed E-state index contributed by atoms with van der Waals surface area (Å²) in [6.45, 7) is 4.95. The van der Waals surface area contributed by atoms with E-state index in [9.17, 15) is 9.59 Å². The Labute approximate surface area is 133 Å². The van der Waals surface area contributed by atoms with Gasteiger partial charge in [0.05, 0.1) is 0 Å². The maximum Gasteiger partial charge on any atom is 0.361 e. The number of para-hydroxylation sites is 2. The first kappa shape index (κ1) is 16.2. The Morgan fingerprint density at radius 2 is 1.26 bits per heavy atom. The highest BCUT2D eigenvalue weighted by atomic mass is 16.5. The first-order valence-corrected chi connectivity index (χ1v) is 6.85. The van der Waals surface area contributed by atoms with Gasteiger partial charge in [-0.25, -0.2) is 14.6 Å². The van der Waals surface area contributed by atoms with E-state index >= 15 is 0 Å². The van der Waals surface area contributed by atoms with Gasteiger partial charge in [-0.2, -0.15) is 0 Å². The molecule has 0 unspecified atom stereocenters. The zero-order valence-electron chi connectivity index (χ0n) is 12.6. The second-order valence-electron chi connectivity index (χ2n) is 4.55. The molecule has 0 aliphatic carbocycles. The molecule has 5 nitrogen and oxygen atoms in total. The van der Waals surface area contributed by atoms with Crippen LogP contribution in [0.3, 0.4) is 0 Å². The number of hydrogen-bond donors (Lipinski definition) is 0. The van der Waals surface area contributed by atoms with Gasteiger partial charge in [0.2, 0.25) is 0 Å². The number of ether oxygens (including phenoxy) is 2. The largest absolute Gasteiger partial charge is 0.422 e. The zero-order valence-corrected chi connectivity index (χ0v) is 12.6. The van der Waals surface area contributed by atoms with E-state index in [1.54, 1.807) is 60.7 Å². The maximum atomic E-state index is 11.9. The first-order chi connectivity index (χ1) is 11.1. The van der Waals surface area contributed by atoms with E-state index in [0.29, 0.717) is 11.5 Å². The van der Waals surface area contributed by atoms with Crippen LogP contribution in [0.5, 0.6) is 11.5 Å². The first-order valence-electron chi connectivity index (χ1n) is 6.85. The fourth-order valence-electron chi connectivity index (χ4n) is 1.62. The molecule has 2 rings (SSSR count). The van der Waals surface area contributed by atoms with Crippen LogP contribution in [-0.2, 0) is 9.59 Å². The van der Waals surface area contributed by atoms with Gasteiger partial charge in [0, 0.05) is 0 Å². The van der Waals surface area contributed by atoms with Gasteiger partial charge in [0.1, 0.15) is 22.9 Å². The smallest absolute Gasteiger partial charge is 0.361 e. The monoisotopic (exact) mass is 309 g/mol. The third kappa shape index (κ3) is 4.93. The minimum absolute atomic E-state index is 0.00358. The quantitative estimate of drug-likeness (QED) is 0.368. The van der Waals surface area contributed by atoms with Crippen molar-refractivity contribution in [3.8, 4) is 11.5 Å². The van der Waals surface area contributed by atoms with E-state index in [-0.39, 0.29) is 11.4 Å². The van der Waals surface area contributed by atoms with Gasteiger partial charge in [0.25, 0.3) is 0 Å². The highest BCUT2D eigenvalue weighted by Gasteiger charge is 2.14. The van der Waals surface area contributed by atoms with Crippen LogP contribution in [0.1, 0.15) is 6.92 Å². The summed E-state index contributed by atoms with van der Waals surface area (Å²) in [5, 5.41) is 0. The lowest BCUT2D eigenvalue weighted by atomic mass is 10.3. The van der Waals surface area contributed by atoms with E-state index in [0.717, 1.165) is 0 Å².